The lowest BCUT2D eigenvalue weighted by Gasteiger charge is -2.44. The number of rotatable bonds is 3. The number of likely N-dealkylation sites (N-methyl/N-ethyl adjacent to an activating group) is 1. The molecule has 0 radical (unpaired) electrons. The zero-order valence-corrected chi connectivity index (χ0v) is 9.38. The van der Waals surface area contributed by atoms with Gasteiger partial charge in [0.1, 0.15) is 0 Å². The number of nitriles is 1. The summed E-state index contributed by atoms with van der Waals surface area (Å²) in [6.45, 7) is 4.74. The molecule has 0 aromatic carbocycles. The van der Waals surface area contributed by atoms with Crippen LogP contribution >= 0.6 is 0 Å². The maximum atomic E-state index is 10.3. The molecule has 2 atom stereocenters. The highest BCUT2D eigenvalue weighted by atomic mass is 16.3. The molecule has 0 aromatic heterocycles. The number of hydrogen-bond donors (Lipinski definition) is 1. The summed E-state index contributed by atoms with van der Waals surface area (Å²) in [6, 6.07) is 2.14. The Kier molecular flexibility index (Phi) is 3.18. The van der Waals surface area contributed by atoms with E-state index in [2.05, 4.69) is 17.9 Å². The molecule has 1 fully saturated rings. The summed E-state index contributed by atoms with van der Waals surface area (Å²) in [7, 11) is 2.00. The molecule has 0 bridgehead atoms. The Morgan fingerprint density at radius 3 is 2.50 bits per heavy atom. The van der Waals surface area contributed by atoms with Gasteiger partial charge in [-0.05, 0) is 40.2 Å². The Hall–Kier alpha value is -0.590. The SMILES string of the molecule is CN(CCC#N)C1(C)CCCC1(C)O. The van der Waals surface area contributed by atoms with Crippen molar-refractivity contribution in [2.75, 3.05) is 13.6 Å². The molecule has 1 rings (SSSR count). The van der Waals surface area contributed by atoms with Crippen LogP contribution in [-0.2, 0) is 0 Å². The molecule has 1 aliphatic carbocycles. The van der Waals surface area contributed by atoms with Gasteiger partial charge in [0, 0.05) is 18.5 Å². The zero-order valence-electron chi connectivity index (χ0n) is 9.38. The van der Waals surface area contributed by atoms with E-state index in [1.807, 2.05) is 14.0 Å². The van der Waals surface area contributed by atoms with Crippen molar-refractivity contribution < 1.29 is 5.11 Å². The first-order valence-electron chi connectivity index (χ1n) is 5.24. The minimum absolute atomic E-state index is 0.163. The summed E-state index contributed by atoms with van der Waals surface area (Å²) in [6.07, 6.45) is 3.48. The fraction of sp³-hybridized carbons (Fsp3) is 0.909. The molecule has 0 heterocycles. The normalized spacial score (nSPS) is 37.4. The fourth-order valence-corrected chi connectivity index (χ4v) is 2.38. The largest absolute Gasteiger partial charge is 0.388 e. The maximum absolute atomic E-state index is 10.3. The molecular weight excluding hydrogens is 176 g/mol. The first kappa shape index (κ1) is 11.5. The van der Waals surface area contributed by atoms with Gasteiger partial charge in [-0.25, -0.2) is 0 Å². The molecule has 2 unspecified atom stereocenters. The molecule has 1 saturated carbocycles. The molecule has 1 N–H and O–H groups in total. The van der Waals surface area contributed by atoms with Crippen molar-refractivity contribution in [2.45, 2.75) is 50.7 Å². The fourth-order valence-electron chi connectivity index (χ4n) is 2.38. The Bertz CT molecular complexity index is 244. The summed E-state index contributed by atoms with van der Waals surface area (Å²) < 4.78 is 0. The standard InChI is InChI=1S/C11H20N2O/c1-10(13(3)9-5-8-12)6-4-7-11(10,2)14/h14H,4-7,9H2,1-3H3. The van der Waals surface area contributed by atoms with Crippen LogP contribution in [0.4, 0.5) is 0 Å². The number of aliphatic hydroxyl groups is 1. The van der Waals surface area contributed by atoms with Gasteiger partial charge in [0.15, 0.2) is 0 Å². The van der Waals surface area contributed by atoms with E-state index in [9.17, 15) is 5.11 Å². The third-order valence-electron chi connectivity index (χ3n) is 3.89. The van der Waals surface area contributed by atoms with Crippen molar-refractivity contribution >= 4 is 0 Å². The Morgan fingerprint density at radius 2 is 2.07 bits per heavy atom. The van der Waals surface area contributed by atoms with Crippen molar-refractivity contribution in [3.05, 3.63) is 0 Å². The predicted octanol–water partition coefficient (Wildman–Crippen LogP) is 1.53. The monoisotopic (exact) mass is 196 g/mol. The molecule has 0 spiro atoms. The van der Waals surface area contributed by atoms with Gasteiger partial charge < -0.3 is 5.11 Å². The van der Waals surface area contributed by atoms with Crippen LogP contribution in [0.1, 0.15) is 39.5 Å². The minimum Gasteiger partial charge on any atom is -0.388 e. The summed E-state index contributed by atoms with van der Waals surface area (Å²) in [5, 5.41) is 18.8. The molecular formula is C11H20N2O. The van der Waals surface area contributed by atoms with Crippen LogP contribution in [0.5, 0.6) is 0 Å². The number of hydrogen-bond acceptors (Lipinski definition) is 3. The zero-order chi connectivity index (χ0) is 10.8. The second-order valence-electron chi connectivity index (χ2n) is 4.73. The molecule has 14 heavy (non-hydrogen) atoms. The van der Waals surface area contributed by atoms with Gasteiger partial charge in [-0.1, -0.05) is 0 Å². The summed E-state index contributed by atoms with van der Waals surface area (Å²) >= 11 is 0. The maximum Gasteiger partial charge on any atom is 0.0799 e. The van der Waals surface area contributed by atoms with Crippen LogP contribution in [0, 0.1) is 11.3 Å². The van der Waals surface area contributed by atoms with Gasteiger partial charge in [0.25, 0.3) is 0 Å². The van der Waals surface area contributed by atoms with Crippen molar-refractivity contribution in [2.24, 2.45) is 0 Å². The average molecular weight is 196 g/mol. The van der Waals surface area contributed by atoms with Crippen molar-refractivity contribution in [1.29, 1.82) is 5.26 Å². The highest BCUT2D eigenvalue weighted by molar-refractivity contribution is 5.05. The van der Waals surface area contributed by atoms with Crippen LogP contribution in [0.25, 0.3) is 0 Å². The van der Waals surface area contributed by atoms with Crippen LogP contribution in [-0.4, -0.2) is 34.7 Å². The average Bonchev–Trinajstić information content (AvgIpc) is 2.38. The minimum atomic E-state index is -0.614. The van der Waals surface area contributed by atoms with Gasteiger partial charge in [-0.2, -0.15) is 5.26 Å². The molecule has 0 aliphatic heterocycles. The number of nitrogens with zero attached hydrogens (tertiary/aromatic N) is 2. The third-order valence-corrected chi connectivity index (χ3v) is 3.89. The van der Waals surface area contributed by atoms with Crippen LogP contribution < -0.4 is 0 Å². The van der Waals surface area contributed by atoms with E-state index in [-0.39, 0.29) is 5.54 Å². The van der Waals surface area contributed by atoms with Gasteiger partial charge in [0.2, 0.25) is 0 Å². The lowest BCUT2D eigenvalue weighted by molar-refractivity contribution is -0.0621. The van der Waals surface area contributed by atoms with E-state index in [1.54, 1.807) is 0 Å². The molecule has 0 aromatic rings. The molecule has 3 nitrogen and oxygen atoms in total. The van der Waals surface area contributed by atoms with E-state index >= 15 is 0 Å². The van der Waals surface area contributed by atoms with Crippen LogP contribution in [0.15, 0.2) is 0 Å². The first-order valence-corrected chi connectivity index (χ1v) is 5.24. The van der Waals surface area contributed by atoms with E-state index < -0.39 is 5.60 Å². The smallest absolute Gasteiger partial charge is 0.0799 e. The first-order chi connectivity index (χ1) is 6.44. The second kappa shape index (κ2) is 3.88. The third kappa shape index (κ3) is 1.77. The Labute approximate surface area is 86.3 Å². The van der Waals surface area contributed by atoms with Crippen molar-refractivity contribution in [3.63, 3.8) is 0 Å². The van der Waals surface area contributed by atoms with Gasteiger partial charge in [-0.3, -0.25) is 4.90 Å². The topological polar surface area (TPSA) is 47.3 Å². The quantitative estimate of drug-likeness (QED) is 0.744. The highest BCUT2D eigenvalue weighted by Gasteiger charge is 2.49. The second-order valence-corrected chi connectivity index (χ2v) is 4.73. The predicted molar refractivity (Wildman–Crippen MR) is 55.7 cm³/mol. The lowest BCUT2D eigenvalue weighted by atomic mass is 9.84. The van der Waals surface area contributed by atoms with Crippen molar-refractivity contribution in [3.8, 4) is 6.07 Å². The van der Waals surface area contributed by atoms with E-state index in [4.69, 9.17) is 5.26 Å². The molecule has 1 aliphatic rings. The van der Waals surface area contributed by atoms with Gasteiger partial charge in [-0.15, -0.1) is 0 Å². The van der Waals surface area contributed by atoms with E-state index in [0.29, 0.717) is 6.42 Å². The van der Waals surface area contributed by atoms with E-state index in [0.717, 1.165) is 25.8 Å². The molecule has 3 heteroatoms. The van der Waals surface area contributed by atoms with Gasteiger partial charge >= 0.3 is 0 Å². The Balaban J connectivity index is 2.69. The molecule has 0 amide bonds. The van der Waals surface area contributed by atoms with Crippen LogP contribution in [0.2, 0.25) is 0 Å². The van der Waals surface area contributed by atoms with Crippen molar-refractivity contribution in [1.82, 2.24) is 4.90 Å². The molecule has 80 valence electrons. The van der Waals surface area contributed by atoms with E-state index in [1.165, 1.54) is 0 Å². The molecule has 0 saturated heterocycles. The summed E-state index contributed by atoms with van der Waals surface area (Å²) in [5.74, 6) is 0. The highest BCUT2D eigenvalue weighted by Crippen LogP contribution is 2.42. The summed E-state index contributed by atoms with van der Waals surface area (Å²) in [4.78, 5) is 2.13. The van der Waals surface area contributed by atoms with Crippen LogP contribution in [0.3, 0.4) is 0 Å². The summed E-state index contributed by atoms with van der Waals surface area (Å²) in [5.41, 5.74) is -0.777. The van der Waals surface area contributed by atoms with Gasteiger partial charge in [0.05, 0.1) is 11.7 Å². The Morgan fingerprint density at radius 1 is 1.43 bits per heavy atom. The lowest BCUT2D eigenvalue weighted by Crippen LogP contribution is -2.56.